The standard InChI is InChI=1S/C17H21F2NO2/c18-17(19)8-5-13(6-9-17)16(22)20-10-7-12-3-1-2-4-14(12)15(20)11-21/h1-4,13,15,21H,5-11H2. The third-order valence-electron chi connectivity index (χ3n) is 4.93. The molecule has 1 aromatic rings. The Kier molecular flexibility index (Phi) is 4.17. The second kappa shape index (κ2) is 5.95. The largest absolute Gasteiger partial charge is 0.394 e. The molecular formula is C17H21F2NO2. The van der Waals surface area contributed by atoms with Crippen LogP contribution < -0.4 is 0 Å². The van der Waals surface area contributed by atoms with Crippen LogP contribution in [0.1, 0.15) is 42.9 Å². The van der Waals surface area contributed by atoms with E-state index in [2.05, 4.69) is 0 Å². The molecule has 3 nitrogen and oxygen atoms in total. The van der Waals surface area contributed by atoms with Gasteiger partial charge in [-0.15, -0.1) is 0 Å². The van der Waals surface area contributed by atoms with Gasteiger partial charge in [0, 0.05) is 25.3 Å². The van der Waals surface area contributed by atoms with Gasteiger partial charge in [-0.05, 0) is 30.4 Å². The van der Waals surface area contributed by atoms with Crippen LogP contribution in [-0.4, -0.2) is 35.0 Å². The van der Waals surface area contributed by atoms with Crippen LogP contribution in [0.15, 0.2) is 24.3 Å². The van der Waals surface area contributed by atoms with Crippen molar-refractivity contribution in [2.24, 2.45) is 5.92 Å². The molecule has 2 aliphatic rings. The van der Waals surface area contributed by atoms with Gasteiger partial charge in [0.15, 0.2) is 0 Å². The van der Waals surface area contributed by atoms with Crippen molar-refractivity contribution < 1.29 is 18.7 Å². The summed E-state index contributed by atoms with van der Waals surface area (Å²) in [6, 6.07) is 7.45. The zero-order valence-electron chi connectivity index (χ0n) is 12.5. The van der Waals surface area contributed by atoms with Crippen LogP contribution in [0, 0.1) is 5.92 Å². The number of hydrogen-bond donors (Lipinski definition) is 1. The Morgan fingerprint density at radius 1 is 1.27 bits per heavy atom. The molecule has 3 rings (SSSR count). The lowest BCUT2D eigenvalue weighted by Crippen LogP contribution is -2.45. The number of nitrogens with zero attached hydrogens (tertiary/aromatic N) is 1. The molecule has 0 aromatic heterocycles. The molecule has 120 valence electrons. The highest BCUT2D eigenvalue weighted by Crippen LogP contribution is 2.38. The van der Waals surface area contributed by atoms with Crippen molar-refractivity contribution in [2.75, 3.05) is 13.2 Å². The average molecular weight is 309 g/mol. The van der Waals surface area contributed by atoms with Crippen molar-refractivity contribution in [1.82, 2.24) is 4.90 Å². The topological polar surface area (TPSA) is 40.5 Å². The van der Waals surface area contributed by atoms with Crippen molar-refractivity contribution >= 4 is 5.91 Å². The predicted octanol–water partition coefficient (Wildman–Crippen LogP) is 2.93. The molecule has 1 N–H and O–H groups in total. The van der Waals surface area contributed by atoms with E-state index < -0.39 is 5.92 Å². The van der Waals surface area contributed by atoms with Gasteiger partial charge < -0.3 is 10.0 Å². The van der Waals surface area contributed by atoms with Crippen LogP contribution in [-0.2, 0) is 11.2 Å². The molecule has 1 saturated carbocycles. The molecule has 22 heavy (non-hydrogen) atoms. The Bertz CT molecular complexity index is 551. The number of fused-ring (bicyclic) bond motifs is 1. The van der Waals surface area contributed by atoms with E-state index >= 15 is 0 Å². The zero-order valence-corrected chi connectivity index (χ0v) is 12.5. The number of amides is 1. The van der Waals surface area contributed by atoms with Gasteiger partial charge in [-0.25, -0.2) is 8.78 Å². The minimum absolute atomic E-state index is 0.0796. The summed E-state index contributed by atoms with van der Waals surface area (Å²) in [6.45, 7) is 0.416. The first-order valence-corrected chi connectivity index (χ1v) is 7.89. The lowest BCUT2D eigenvalue weighted by Gasteiger charge is -2.39. The fourth-order valence-electron chi connectivity index (χ4n) is 3.63. The molecule has 0 bridgehead atoms. The minimum atomic E-state index is -2.62. The molecule has 1 amide bonds. The maximum atomic E-state index is 13.3. The molecule has 0 saturated heterocycles. The first-order chi connectivity index (χ1) is 10.5. The Morgan fingerprint density at radius 3 is 2.64 bits per heavy atom. The third kappa shape index (κ3) is 2.86. The van der Waals surface area contributed by atoms with Crippen LogP contribution in [0.25, 0.3) is 0 Å². The summed E-state index contributed by atoms with van der Waals surface area (Å²) >= 11 is 0. The van der Waals surface area contributed by atoms with Gasteiger partial charge >= 0.3 is 0 Å². The predicted molar refractivity (Wildman–Crippen MR) is 78.6 cm³/mol. The number of hydrogen-bond acceptors (Lipinski definition) is 2. The number of carbonyl (C=O) groups excluding carboxylic acids is 1. The molecule has 1 fully saturated rings. The summed E-state index contributed by atoms with van der Waals surface area (Å²) in [6.07, 6.45) is 0.806. The molecule has 0 radical (unpaired) electrons. The molecule has 0 spiro atoms. The van der Waals surface area contributed by atoms with Crippen LogP contribution in [0.5, 0.6) is 0 Å². The molecule has 1 atom stereocenters. The van der Waals surface area contributed by atoms with Crippen LogP contribution in [0.2, 0.25) is 0 Å². The average Bonchev–Trinajstić information content (AvgIpc) is 2.53. The molecule has 1 aliphatic heterocycles. The molecule has 1 heterocycles. The van der Waals surface area contributed by atoms with Crippen molar-refractivity contribution in [3.8, 4) is 0 Å². The normalized spacial score (nSPS) is 24.9. The van der Waals surface area contributed by atoms with Crippen LogP contribution in [0.4, 0.5) is 8.78 Å². The van der Waals surface area contributed by atoms with Gasteiger partial charge in [0.25, 0.3) is 0 Å². The second-order valence-electron chi connectivity index (χ2n) is 6.31. The number of alkyl halides is 2. The number of carbonyl (C=O) groups is 1. The van der Waals surface area contributed by atoms with Gasteiger partial charge in [0.2, 0.25) is 11.8 Å². The highest BCUT2D eigenvalue weighted by Gasteiger charge is 2.40. The van der Waals surface area contributed by atoms with Crippen molar-refractivity contribution in [1.29, 1.82) is 0 Å². The number of halogens is 2. The number of rotatable bonds is 2. The Labute approximate surface area is 128 Å². The fourth-order valence-corrected chi connectivity index (χ4v) is 3.63. The summed E-state index contributed by atoms with van der Waals surface area (Å²) < 4.78 is 26.5. The second-order valence-corrected chi connectivity index (χ2v) is 6.31. The highest BCUT2D eigenvalue weighted by molar-refractivity contribution is 5.80. The monoisotopic (exact) mass is 309 g/mol. The summed E-state index contributed by atoms with van der Waals surface area (Å²) in [7, 11) is 0. The molecule has 5 heteroatoms. The Hall–Kier alpha value is -1.49. The number of aliphatic hydroxyl groups is 1. The molecule has 1 unspecified atom stereocenters. The van der Waals surface area contributed by atoms with Crippen molar-refractivity contribution in [3.63, 3.8) is 0 Å². The quantitative estimate of drug-likeness (QED) is 0.912. The van der Waals surface area contributed by atoms with E-state index in [0.717, 1.165) is 17.5 Å². The van der Waals surface area contributed by atoms with Crippen LogP contribution in [0.3, 0.4) is 0 Å². The maximum Gasteiger partial charge on any atom is 0.248 e. The van der Waals surface area contributed by atoms with Gasteiger partial charge in [0.1, 0.15) is 0 Å². The van der Waals surface area contributed by atoms with E-state index in [1.54, 1.807) is 4.90 Å². The minimum Gasteiger partial charge on any atom is -0.394 e. The first kappa shape index (κ1) is 15.4. The van der Waals surface area contributed by atoms with Crippen molar-refractivity contribution in [3.05, 3.63) is 35.4 Å². The van der Waals surface area contributed by atoms with E-state index in [1.165, 1.54) is 0 Å². The van der Waals surface area contributed by atoms with Crippen LogP contribution >= 0.6 is 0 Å². The maximum absolute atomic E-state index is 13.3. The molecular weight excluding hydrogens is 288 g/mol. The third-order valence-corrected chi connectivity index (χ3v) is 4.93. The van der Waals surface area contributed by atoms with Gasteiger partial charge in [-0.1, -0.05) is 24.3 Å². The first-order valence-electron chi connectivity index (χ1n) is 7.89. The SMILES string of the molecule is O=C(C1CCC(F)(F)CC1)N1CCc2ccccc2C1CO. The Morgan fingerprint density at radius 2 is 1.95 bits per heavy atom. The number of aliphatic hydroxyl groups excluding tert-OH is 1. The van der Waals surface area contributed by atoms with Gasteiger partial charge in [-0.3, -0.25) is 4.79 Å². The van der Waals surface area contributed by atoms with E-state index in [9.17, 15) is 18.7 Å². The lowest BCUT2D eigenvalue weighted by atomic mass is 9.84. The summed E-state index contributed by atoms with van der Waals surface area (Å²) in [5, 5.41) is 9.72. The Balaban J connectivity index is 1.76. The lowest BCUT2D eigenvalue weighted by molar-refractivity contribution is -0.143. The van der Waals surface area contributed by atoms with E-state index in [4.69, 9.17) is 0 Å². The summed E-state index contributed by atoms with van der Waals surface area (Å²) in [5.41, 5.74) is 2.13. The summed E-state index contributed by atoms with van der Waals surface area (Å²) in [4.78, 5) is 14.4. The number of benzene rings is 1. The van der Waals surface area contributed by atoms with Gasteiger partial charge in [-0.2, -0.15) is 0 Å². The smallest absolute Gasteiger partial charge is 0.248 e. The van der Waals surface area contributed by atoms with E-state index in [0.29, 0.717) is 6.54 Å². The van der Waals surface area contributed by atoms with E-state index in [1.807, 2.05) is 24.3 Å². The van der Waals surface area contributed by atoms with E-state index in [-0.39, 0.29) is 50.2 Å². The highest BCUT2D eigenvalue weighted by atomic mass is 19.3. The molecule has 1 aromatic carbocycles. The summed E-state index contributed by atoms with van der Waals surface area (Å²) in [5.74, 6) is -3.04. The zero-order chi connectivity index (χ0) is 15.7. The van der Waals surface area contributed by atoms with Gasteiger partial charge in [0.05, 0.1) is 12.6 Å². The molecule has 1 aliphatic carbocycles. The van der Waals surface area contributed by atoms with Crippen molar-refractivity contribution in [2.45, 2.75) is 44.1 Å². The fraction of sp³-hybridized carbons (Fsp3) is 0.588.